The summed E-state index contributed by atoms with van der Waals surface area (Å²) in [6, 6.07) is 3.71. The summed E-state index contributed by atoms with van der Waals surface area (Å²) in [5.74, 6) is 0.405. The lowest BCUT2D eigenvalue weighted by Gasteiger charge is -2.19. The highest BCUT2D eigenvalue weighted by Crippen LogP contribution is 2.24. The van der Waals surface area contributed by atoms with Crippen molar-refractivity contribution in [3.8, 4) is 0 Å². The maximum absolute atomic E-state index is 12.0. The third-order valence-corrected chi connectivity index (χ3v) is 6.98. The molecule has 1 fully saturated rings. The van der Waals surface area contributed by atoms with Crippen LogP contribution in [0.1, 0.15) is 26.2 Å². The Morgan fingerprint density at radius 1 is 1.53 bits per heavy atom. The molecule has 1 saturated carbocycles. The van der Waals surface area contributed by atoms with Gasteiger partial charge in [0.15, 0.2) is 9.84 Å². The number of thiophene rings is 1. The predicted octanol–water partition coefficient (Wildman–Crippen LogP) is 1.66. The van der Waals surface area contributed by atoms with E-state index < -0.39 is 15.9 Å². The van der Waals surface area contributed by atoms with Gasteiger partial charge >= 0.3 is 0 Å². The molecule has 0 radical (unpaired) electrons. The number of hydrogen-bond acceptors (Lipinski definition) is 5. The third kappa shape index (κ3) is 4.02. The molecule has 3 unspecified atom stereocenters. The van der Waals surface area contributed by atoms with Crippen molar-refractivity contribution in [1.82, 2.24) is 5.32 Å². The predicted molar refractivity (Wildman–Crippen MR) is 77.2 cm³/mol. The van der Waals surface area contributed by atoms with Gasteiger partial charge in [0.25, 0.3) is 0 Å². The number of hydrogen-bond donors (Lipinski definition) is 2. The van der Waals surface area contributed by atoms with Crippen molar-refractivity contribution in [2.24, 2.45) is 5.92 Å². The van der Waals surface area contributed by atoms with Crippen LogP contribution in [0.25, 0.3) is 0 Å². The van der Waals surface area contributed by atoms with Gasteiger partial charge in [-0.05, 0) is 30.2 Å². The van der Waals surface area contributed by atoms with Crippen LogP contribution in [0.5, 0.6) is 0 Å². The van der Waals surface area contributed by atoms with E-state index in [1.54, 1.807) is 17.5 Å². The van der Waals surface area contributed by atoms with Crippen molar-refractivity contribution in [2.75, 3.05) is 12.3 Å². The summed E-state index contributed by atoms with van der Waals surface area (Å²) in [4.78, 5) is 0. The van der Waals surface area contributed by atoms with Gasteiger partial charge in [-0.2, -0.15) is 0 Å². The van der Waals surface area contributed by atoms with Gasteiger partial charge in [-0.1, -0.05) is 19.4 Å². The Kier molecular flexibility index (Phi) is 5.00. The van der Waals surface area contributed by atoms with Crippen molar-refractivity contribution in [3.05, 3.63) is 17.5 Å². The summed E-state index contributed by atoms with van der Waals surface area (Å²) < 4.78 is 24.3. The molecule has 3 atom stereocenters. The van der Waals surface area contributed by atoms with E-state index in [4.69, 9.17) is 0 Å². The first kappa shape index (κ1) is 15.0. The standard InChI is InChI=1S/C13H21NO3S2/c1-10-4-2-5-12(10)14-8-11(15)9-19(16,17)13-6-3-7-18-13/h3,6-7,10-12,14-15H,2,4-5,8-9H2,1H3. The fourth-order valence-corrected chi connectivity index (χ4v) is 5.05. The van der Waals surface area contributed by atoms with Gasteiger partial charge in [0.2, 0.25) is 0 Å². The maximum atomic E-state index is 12.0. The van der Waals surface area contributed by atoms with Gasteiger partial charge in [0.05, 0.1) is 11.9 Å². The van der Waals surface area contributed by atoms with Crippen LogP contribution < -0.4 is 5.32 Å². The number of rotatable bonds is 6. The fraction of sp³-hybridized carbons (Fsp3) is 0.692. The van der Waals surface area contributed by atoms with Gasteiger partial charge in [0, 0.05) is 12.6 Å². The quantitative estimate of drug-likeness (QED) is 0.839. The van der Waals surface area contributed by atoms with E-state index in [1.807, 2.05) is 0 Å². The first-order valence-corrected chi connectivity index (χ1v) is 9.20. The summed E-state index contributed by atoms with van der Waals surface area (Å²) in [5, 5.41) is 14.9. The topological polar surface area (TPSA) is 66.4 Å². The van der Waals surface area contributed by atoms with Gasteiger partial charge < -0.3 is 10.4 Å². The van der Waals surface area contributed by atoms with E-state index in [2.05, 4.69) is 12.2 Å². The Labute approximate surface area is 118 Å². The van der Waals surface area contributed by atoms with Gasteiger partial charge in [-0.25, -0.2) is 8.42 Å². The molecule has 0 saturated heterocycles. The Morgan fingerprint density at radius 3 is 2.89 bits per heavy atom. The Bertz CT molecular complexity index is 484. The molecule has 108 valence electrons. The molecule has 1 aliphatic rings. The molecule has 0 bridgehead atoms. The average Bonchev–Trinajstić information content (AvgIpc) is 2.96. The van der Waals surface area contributed by atoms with Crippen LogP contribution in [0.3, 0.4) is 0 Å². The molecule has 4 nitrogen and oxygen atoms in total. The molecule has 1 aromatic rings. The largest absolute Gasteiger partial charge is 0.391 e. The van der Waals surface area contributed by atoms with Crippen molar-refractivity contribution in [3.63, 3.8) is 0 Å². The molecule has 0 amide bonds. The minimum atomic E-state index is -3.35. The molecular formula is C13H21NO3S2. The van der Waals surface area contributed by atoms with E-state index in [0.29, 0.717) is 22.7 Å². The normalized spacial score (nSPS) is 25.6. The van der Waals surface area contributed by atoms with Crippen LogP contribution in [0.15, 0.2) is 21.7 Å². The maximum Gasteiger partial charge on any atom is 0.190 e. The van der Waals surface area contributed by atoms with Gasteiger partial charge in [-0.3, -0.25) is 0 Å². The van der Waals surface area contributed by atoms with Crippen LogP contribution in [0.2, 0.25) is 0 Å². The molecule has 1 aromatic heterocycles. The van der Waals surface area contributed by atoms with Gasteiger partial charge in [-0.15, -0.1) is 11.3 Å². The van der Waals surface area contributed by atoms with Crippen molar-refractivity contribution in [2.45, 2.75) is 42.5 Å². The van der Waals surface area contributed by atoms with E-state index >= 15 is 0 Å². The zero-order valence-electron chi connectivity index (χ0n) is 11.1. The zero-order chi connectivity index (χ0) is 13.9. The third-order valence-electron chi connectivity index (χ3n) is 3.69. The van der Waals surface area contributed by atoms with Crippen LogP contribution in [-0.4, -0.2) is 38.0 Å². The molecule has 0 aliphatic heterocycles. The summed E-state index contributed by atoms with van der Waals surface area (Å²) in [5.41, 5.74) is 0. The molecule has 1 aliphatic carbocycles. The van der Waals surface area contributed by atoms with Crippen LogP contribution in [0, 0.1) is 5.92 Å². The minimum absolute atomic E-state index is 0.207. The Hall–Kier alpha value is -0.430. The summed E-state index contributed by atoms with van der Waals surface area (Å²) in [7, 11) is -3.35. The second-order valence-electron chi connectivity index (χ2n) is 5.29. The Balaban J connectivity index is 1.82. The summed E-state index contributed by atoms with van der Waals surface area (Å²) >= 11 is 1.20. The summed E-state index contributed by atoms with van der Waals surface area (Å²) in [6.07, 6.45) is 2.69. The molecule has 1 heterocycles. The molecule has 19 heavy (non-hydrogen) atoms. The lowest BCUT2D eigenvalue weighted by Crippen LogP contribution is -2.39. The number of nitrogens with one attached hydrogen (secondary N) is 1. The van der Waals surface area contributed by atoms with E-state index in [0.717, 1.165) is 6.42 Å². The molecule has 2 rings (SSSR count). The van der Waals surface area contributed by atoms with Crippen LogP contribution in [0.4, 0.5) is 0 Å². The lowest BCUT2D eigenvalue weighted by atomic mass is 10.1. The average molecular weight is 303 g/mol. The lowest BCUT2D eigenvalue weighted by molar-refractivity contribution is 0.185. The van der Waals surface area contributed by atoms with Crippen molar-refractivity contribution < 1.29 is 13.5 Å². The Morgan fingerprint density at radius 2 is 2.32 bits per heavy atom. The highest BCUT2D eigenvalue weighted by molar-refractivity contribution is 7.93. The zero-order valence-corrected chi connectivity index (χ0v) is 12.7. The number of aliphatic hydroxyl groups excluding tert-OH is 1. The molecular weight excluding hydrogens is 282 g/mol. The second kappa shape index (κ2) is 6.35. The van der Waals surface area contributed by atoms with E-state index in [1.165, 1.54) is 24.2 Å². The monoisotopic (exact) mass is 303 g/mol. The van der Waals surface area contributed by atoms with Crippen molar-refractivity contribution in [1.29, 1.82) is 0 Å². The number of sulfone groups is 1. The fourth-order valence-electron chi connectivity index (χ4n) is 2.57. The smallest absolute Gasteiger partial charge is 0.190 e. The van der Waals surface area contributed by atoms with Crippen LogP contribution in [-0.2, 0) is 9.84 Å². The van der Waals surface area contributed by atoms with E-state index in [9.17, 15) is 13.5 Å². The van der Waals surface area contributed by atoms with Crippen molar-refractivity contribution >= 4 is 21.2 Å². The van der Waals surface area contributed by atoms with E-state index in [-0.39, 0.29) is 5.75 Å². The molecule has 0 spiro atoms. The van der Waals surface area contributed by atoms with Gasteiger partial charge in [0.1, 0.15) is 4.21 Å². The molecule has 2 N–H and O–H groups in total. The number of aliphatic hydroxyl groups is 1. The first-order chi connectivity index (χ1) is 8.99. The SMILES string of the molecule is CC1CCCC1NCC(O)CS(=O)(=O)c1cccs1. The summed E-state index contributed by atoms with van der Waals surface area (Å²) in [6.45, 7) is 2.54. The van der Waals surface area contributed by atoms with Crippen LogP contribution >= 0.6 is 11.3 Å². The highest BCUT2D eigenvalue weighted by atomic mass is 32.2. The molecule has 0 aromatic carbocycles. The second-order valence-corrected chi connectivity index (χ2v) is 8.50. The molecule has 6 heteroatoms. The first-order valence-electron chi connectivity index (χ1n) is 6.67. The highest BCUT2D eigenvalue weighted by Gasteiger charge is 2.25. The minimum Gasteiger partial charge on any atom is -0.391 e.